The van der Waals surface area contributed by atoms with Crippen LogP contribution in [0.15, 0.2) is 24.3 Å². The van der Waals surface area contributed by atoms with E-state index in [1.807, 2.05) is 56.9 Å². The number of urea groups is 1. The molecule has 2 fully saturated rings. The highest BCUT2D eigenvalue weighted by molar-refractivity contribution is 5.95. The van der Waals surface area contributed by atoms with Crippen LogP contribution in [0.5, 0.6) is 0 Å². The molecule has 0 unspecified atom stereocenters. The van der Waals surface area contributed by atoms with Crippen molar-refractivity contribution in [3.8, 4) is 0 Å². The molecule has 33 heavy (non-hydrogen) atoms. The van der Waals surface area contributed by atoms with Crippen LogP contribution in [0.3, 0.4) is 0 Å². The number of anilines is 2. The van der Waals surface area contributed by atoms with E-state index < -0.39 is 0 Å². The van der Waals surface area contributed by atoms with Gasteiger partial charge in [0.2, 0.25) is 11.8 Å². The third-order valence-corrected chi connectivity index (χ3v) is 6.16. The zero-order valence-electron chi connectivity index (χ0n) is 20.5. The predicted octanol–water partition coefficient (Wildman–Crippen LogP) is 3.29. The summed E-state index contributed by atoms with van der Waals surface area (Å²) in [5.74, 6) is 0.0508. The van der Waals surface area contributed by atoms with E-state index in [2.05, 4.69) is 15.5 Å². The van der Waals surface area contributed by atoms with E-state index in [0.717, 1.165) is 50.1 Å². The Morgan fingerprint density at radius 2 is 1.67 bits per heavy atom. The normalized spacial score (nSPS) is 16.7. The SMILES string of the molecule is CCCN(CC(=O)Nc1ccc(N2CCN(C(=O)NC(C)(C)C)CC2)cc1)C(=O)C1CCC1. The molecule has 1 aliphatic heterocycles. The molecule has 0 radical (unpaired) electrons. The van der Waals surface area contributed by atoms with Gasteiger partial charge in [-0.15, -0.1) is 0 Å². The minimum Gasteiger partial charge on any atom is -0.368 e. The summed E-state index contributed by atoms with van der Waals surface area (Å²) in [5, 5.41) is 5.94. The molecular formula is C25H39N5O3. The highest BCUT2D eigenvalue weighted by Crippen LogP contribution is 2.28. The van der Waals surface area contributed by atoms with Gasteiger partial charge in [0.05, 0.1) is 6.54 Å². The van der Waals surface area contributed by atoms with Crippen LogP contribution < -0.4 is 15.5 Å². The molecule has 8 nitrogen and oxygen atoms in total. The van der Waals surface area contributed by atoms with Gasteiger partial charge in [-0.3, -0.25) is 9.59 Å². The number of carbonyl (C=O) groups excluding carboxylic acids is 3. The van der Waals surface area contributed by atoms with E-state index in [4.69, 9.17) is 0 Å². The molecule has 1 saturated heterocycles. The van der Waals surface area contributed by atoms with Gasteiger partial charge in [-0.05, 0) is 64.3 Å². The minimum atomic E-state index is -0.244. The Morgan fingerprint density at radius 3 is 2.18 bits per heavy atom. The van der Waals surface area contributed by atoms with Crippen molar-refractivity contribution in [1.29, 1.82) is 0 Å². The topological polar surface area (TPSA) is 85.0 Å². The summed E-state index contributed by atoms with van der Waals surface area (Å²) in [6, 6.07) is 7.74. The molecule has 2 aliphatic rings. The standard InChI is InChI=1S/C25H39N5O3/c1-5-13-30(23(32)19-7-6-8-19)18-22(31)26-20-9-11-21(12-10-20)28-14-16-29(17-15-28)24(33)27-25(2,3)4/h9-12,19H,5-8,13-18H2,1-4H3,(H,26,31)(H,27,33). The average molecular weight is 458 g/mol. The van der Waals surface area contributed by atoms with Crippen LogP contribution in [0.2, 0.25) is 0 Å². The van der Waals surface area contributed by atoms with Gasteiger partial charge in [0.15, 0.2) is 0 Å². The molecule has 1 aliphatic carbocycles. The average Bonchev–Trinajstić information content (AvgIpc) is 2.71. The molecule has 8 heteroatoms. The van der Waals surface area contributed by atoms with Crippen molar-refractivity contribution in [2.24, 2.45) is 5.92 Å². The molecule has 3 rings (SSSR count). The first-order valence-corrected chi connectivity index (χ1v) is 12.2. The maximum atomic E-state index is 12.6. The summed E-state index contributed by atoms with van der Waals surface area (Å²) in [4.78, 5) is 43.3. The van der Waals surface area contributed by atoms with E-state index in [-0.39, 0.29) is 35.8 Å². The fourth-order valence-electron chi connectivity index (χ4n) is 4.15. The fraction of sp³-hybridized carbons (Fsp3) is 0.640. The van der Waals surface area contributed by atoms with Crippen LogP contribution in [0.25, 0.3) is 0 Å². The monoisotopic (exact) mass is 457 g/mol. The summed E-state index contributed by atoms with van der Waals surface area (Å²) in [5.41, 5.74) is 1.54. The minimum absolute atomic E-state index is 0.0203. The zero-order chi connectivity index (χ0) is 24.0. The van der Waals surface area contributed by atoms with Crippen LogP contribution in [0.1, 0.15) is 53.4 Å². The maximum absolute atomic E-state index is 12.6. The van der Waals surface area contributed by atoms with Gasteiger partial charge < -0.3 is 25.3 Å². The molecular weight excluding hydrogens is 418 g/mol. The zero-order valence-corrected chi connectivity index (χ0v) is 20.5. The van der Waals surface area contributed by atoms with Gasteiger partial charge >= 0.3 is 6.03 Å². The van der Waals surface area contributed by atoms with Crippen LogP contribution in [-0.4, -0.2) is 72.5 Å². The fourth-order valence-corrected chi connectivity index (χ4v) is 4.15. The number of piperazine rings is 1. The number of benzene rings is 1. The molecule has 1 aromatic carbocycles. The smallest absolute Gasteiger partial charge is 0.317 e. The van der Waals surface area contributed by atoms with Crippen molar-refractivity contribution in [2.45, 2.75) is 58.9 Å². The highest BCUT2D eigenvalue weighted by atomic mass is 16.2. The van der Waals surface area contributed by atoms with Crippen molar-refractivity contribution in [1.82, 2.24) is 15.1 Å². The summed E-state index contributed by atoms with van der Waals surface area (Å²) < 4.78 is 0. The van der Waals surface area contributed by atoms with Gasteiger partial charge in [-0.25, -0.2) is 4.79 Å². The van der Waals surface area contributed by atoms with E-state index in [1.165, 1.54) is 0 Å². The summed E-state index contributed by atoms with van der Waals surface area (Å²) >= 11 is 0. The molecule has 0 atom stereocenters. The molecule has 0 aromatic heterocycles. The number of nitrogens with one attached hydrogen (secondary N) is 2. The quantitative estimate of drug-likeness (QED) is 0.658. The Morgan fingerprint density at radius 1 is 1.03 bits per heavy atom. The van der Waals surface area contributed by atoms with Crippen molar-refractivity contribution in [3.05, 3.63) is 24.3 Å². The second-order valence-corrected chi connectivity index (χ2v) is 10.1. The number of rotatable bonds is 7. The van der Waals surface area contributed by atoms with Gasteiger partial charge in [0.25, 0.3) is 0 Å². The molecule has 2 N–H and O–H groups in total. The van der Waals surface area contributed by atoms with Crippen molar-refractivity contribution in [2.75, 3.05) is 49.5 Å². The van der Waals surface area contributed by atoms with Crippen molar-refractivity contribution < 1.29 is 14.4 Å². The van der Waals surface area contributed by atoms with Crippen LogP contribution in [0, 0.1) is 5.92 Å². The largest absolute Gasteiger partial charge is 0.368 e. The van der Waals surface area contributed by atoms with E-state index >= 15 is 0 Å². The van der Waals surface area contributed by atoms with Crippen LogP contribution >= 0.6 is 0 Å². The molecule has 182 valence electrons. The summed E-state index contributed by atoms with van der Waals surface area (Å²) in [6.07, 6.45) is 3.83. The Hall–Kier alpha value is -2.77. The Labute approximate surface area is 197 Å². The number of nitrogens with zero attached hydrogens (tertiary/aromatic N) is 3. The summed E-state index contributed by atoms with van der Waals surface area (Å²) in [7, 11) is 0. The molecule has 4 amide bonds. The Bertz CT molecular complexity index is 821. The summed E-state index contributed by atoms with van der Waals surface area (Å²) in [6.45, 7) is 11.5. The third kappa shape index (κ3) is 7.11. The van der Waals surface area contributed by atoms with Gasteiger partial charge in [-0.2, -0.15) is 0 Å². The van der Waals surface area contributed by atoms with Crippen molar-refractivity contribution in [3.63, 3.8) is 0 Å². The lowest BCUT2D eigenvalue weighted by atomic mass is 9.84. The van der Waals surface area contributed by atoms with Gasteiger partial charge in [-0.1, -0.05) is 13.3 Å². The molecule has 0 spiro atoms. The van der Waals surface area contributed by atoms with Gasteiger partial charge in [0, 0.05) is 55.6 Å². The number of hydrogen-bond donors (Lipinski definition) is 2. The number of carbonyl (C=O) groups is 3. The van der Waals surface area contributed by atoms with E-state index in [1.54, 1.807) is 4.90 Å². The van der Waals surface area contributed by atoms with Crippen molar-refractivity contribution >= 4 is 29.2 Å². The Balaban J connectivity index is 1.48. The van der Waals surface area contributed by atoms with E-state index in [9.17, 15) is 14.4 Å². The van der Waals surface area contributed by atoms with Gasteiger partial charge in [0.1, 0.15) is 0 Å². The number of amides is 4. The second kappa shape index (κ2) is 10.9. The second-order valence-electron chi connectivity index (χ2n) is 10.1. The lowest BCUT2D eigenvalue weighted by Crippen LogP contribution is -2.55. The molecule has 1 saturated carbocycles. The number of hydrogen-bond acceptors (Lipinski definition) is 4. The molecule has 1 heterocycles. The molecule has 1 aromatic rings. The van der Waals surface area contributed by atoms with Crippen LogP contribution in [-0.2, 0) is 9.59 Å². The lowest BCUT2D eigenvalue weighted by molar-refractivity contribution is -0.140. The maximum Gasteiger partial charge on any atom is 0.317 e. The van der Waals surface area contributed by atoms with Crippen LogP contribution in [0.4, 0.5) is 16.2 Å². The van der Waals surface area contributed by atoms with E-state index in [0.29, 0.717) is 19.6 Å². The molecule has 0 bridgehead atoms. The third-order valence-electron chi connectivity index (χ3n) is 6.16. The first kappa shape index (κ1) is 24.9. The highest BCUT2D eigenvalue weighted by Gasteiger charge is 2.30. The lowest BCUT2D eigenvalue weighted by Gasteiger charge is -2.37. The first-order chi connectivity index (χ1) is 15.7. The Kier molecular flexibility index (Phi) is 8.21. The first-order valence-electron chi connectivity index (χ1n) is 12.2. The predicted molar refractivity (Wildman–Crippen MR) is 131 cm³/mol.